The number of ether oxygens (including phenoxy) is 1. The highest BCUT2D eigenvalue weighted by Crippen LogP contribution is 2.37. The van der Waals surface area contributed by atoms with E-state index in [1.807, 2.05) is 25.1 Å². The number of rotatable bonds is 6. The fraction of sp³-hybridized carbons (Fsp3) is 0.318. The van der Waals surface area contributed by atoms with Gasteiger partial charge >= 0.3 is 0 Å². The number of sulfonamides is 1. The molecule has 0 spiro atoms. The molecule has 0 saturated carbocycles. The average molecular weight is 430 g/mol. The van der Waals surface area contributed by atoms with Crippen LogP contribution in [0.4, 0.5) is 4.39 Å². The maximum atomic E-state index is 13.8. The predicted octanol–water partition coefficient (Wildman–Crippen LogP) is 4.42. The van der Waals surface area contributed by atoms with E-state index in [0.717, 1.165) is 34.3 Å². The summed E-state index contributed by atoms with van der Waals surface area (Å²) in [6.45, 7) is 2.94. The Hall–Kier alpha value is -2.87. The quantitative estimate of drug-likeness (QED) is 0.629. The minimum absolute atomic E-state index is 0.0640. The van der Waals surface area contributed by atoms with E-state index in [0.29, 0.717) is 25.3 Å². The summed E-state index contributed by atoms with van der Waals surface area (Å²) in [5.74, 6) is 0.232. The van der Waals surface area contributed by atoms with Gasteiger partial charge in [0.2, 0.25) is 10.0 Å². The lowest BCUT2D eigenvalue weighted by molar-refractivity contribution is 0.317. The first kappa shape index (κ1) is 20.4. The molecule has 0 saturated heterocycles. The van der Waals surface area contributed by atoms with E-state index in [9.17, 15) is 12.8 Å². The van der Waals surface area contributed by atoms with Gasteiger partial charge in [-0.25, -0.2) is 17.8 Å². The molecule has 3 aromatic rings. The number of aromatic nitrogens is 2. The second-order valence-electron chi connectivity index (χ2n) is 7.44. The highest BCUT2D eigenvalue weighted by atomic mass is 32.2. The van der Waals surface area contributed by atoms with Crippen molar-refractivity contribution in [1.82, 2.24) is 14.3 Å². The van der Waals surface area contributed by atoms with E-state index >= 15 is 0 Å². The van der Waals surface area contributed by atoms with Crippen molar-refractivity contribution in [3.8, 4) is 16.9 Å². The van der Waals surface area contributed by atoms with Crippen molar-refractivity contribution < 1.29 is 17.5 Å². The number of pyridine rings is 1. The lowest BCUT2D eigenvalue weighted by Crippen LogP contribution is -2.29. The van der Waals surface area contributed by atoms with E-state index < -0.39 is 10.0 Å². The Balaban J connectivity index is 1.73. The van der Waals surface area contributed by atoms with Gasteiger partial charge in [-0.15, -0.1) is 0 Å². The summed E-state index contributed by atoms with van der Waals surface area (Å²) in [7, 11) is -3.24. The third-order valence-electron chi connectivity index (χ3n) is 5.22. The fourth-order valence-corrected chi connectivity index (χ4v) is 4.43. The molecule has 2 aromatic heterocycles. The van der Waals surface area contributed by atoms with Gasteiger partial charge in [0.25, 0.3) is 0 Å². The maximum Gasteiger partial charge on any atom is 0.231 e. The Morgan fingerprint density at radius 1 is 1.27 bits per heavy atom. The molecule has 3 heterocycles. The van der Waals surface area contributed by atoms with Gasteiger partial charge in [0.05, 0.1) is 12.9 Å². The molecule has 158 valence electrons. The van der Waals surface area contributed by atoms with Crippen molar-refractivity contribution in [1.29, 1.82) is 0 Å². The molecule has 0 radical (unpaired) electrons. The highest BCUT2D eigenvalue weighted by molar-refractivity contribution is 7.88. The Kier molecular flexibility index (Phi) is 5.51. The number of fused-ring (bicyclic) bond motifs is 1. The van der Waals surface area contributed by atoms with Crippen LogP contribution in [0.3, 0.4) is 0 Å². The molecular weight excluding hydrogens is 405 g/mol. The van der Waals surface area contributed by atoms with E-state index in [2.05, 4.69) is 9.97 Å². The molecule has 1 aliphatic heterocycles. The summed E-state index contributed by atoms with van der Waals surface area (Å²) < 4.78 is 44.4. The molecule has 0 amide bonds. The zero-order chi connectivity index (χ0) is 21.3. The van der Waals surface area contributed by atoms with Crippen molar-refractivity contribution in [3.05, 3.63) is 60.3 Å². The van der Waals surface area contributed by atoms with Crippen molar-refractivity contribution in [2.45, 2.75) is 25.7 Å². The fourth-order valence-electron chi connectivity index (χ4n) is 3.70. The first-order valence-corrected chi connectivity index (χ1v) is 11.8. The van der Waals surface area contributed by atoms with Crippen molar-refractivity contribution in [3.63, 3.8) is 0 Å². The van der Waals surface area contributed by atoms with Crippen LogP contribution in [0.25, 0.3) is 22.2 Å². The van der Waals surface area contributed by atoms with E-state index in [1.54, 1.807) is 18.5 Å². The number of aromatic amines is 1. The molecule has 1 atom stereocenters. The van der Waals surface area contributed by atoms with Crippen LogP contribution < -0.4 is 4.74 Å². The zero-order valence-corrected chi connectivity index (χ0v) is 17.7. The van der Waals surface area contributed by atoms with Crippen LogP contribution >= 0.6 is 0 Å². The number of benzene rings is 1. The van der Waals surface area contributed by atoms with E-state index in [1.165, 1.54) is 22.7 Å². The minimum Gasteiger partial charge on any atom is -0.493 e. The SMILES string of the molecule is CCCOc1cc(F)ccc1-c1ccnc2[nH]c(C3C=CN(S(C)(=O)=O)CC3)cc12. The Labute approximate surface area is 175 Å². The molecule has 1 aromatic carbocycles. The summed E-state index contributed by atoms with van der Waals surface area (Å²) in [4.78, 5) is 7.80. The maximum absolute atomic E-state index is 13.8. The topological polar surface area (TPSA) is 75.3 Å². The van der Waals surface area contributed by atoms with Gasteiger partial charge in [0.1, 0.15) is 17.2 Å². The molecule has 1 aliphatic rings. The standard InChI is InChI=1S/C22H24FN3O3S/c1-3-12-29-21-13-16(23)4-5-18(21)17-6-9-24-22-19(17)14-20(25-22)15-7-10-26(11-8-15)30(2,27)28/h4-7,9-10,13-15H,3,8,11-12H2,1-2H3,(H,24,25). The van der Waals surface area contributed by atoms with Crippen LogP contribution in [-0.2, 0) is 10.0 Å². The molecule has 4 rings (SSSR count). The number of H-pyrrole nitrogens is 1. The van der Waals surface area contributed by atoms with Crippen LogP contribution in [0.1, 0.15) is 31.4 Å². The number of nitrogens with zero attached hydrogens (tertiary/aromatic N) is 2. The largest absolute Gasteiger partial charge is 0.493 e. The van der Waals surface area contributed by atoms with E-state index in [-0.39, 0.29) is 11.7 Å². The first-order chi connectivity index (χ1) is 14.4. The molecule has 0 aliphatic carbocycles. The Morgan fingerprint density at radius 3 is 2.80 bits per heavy atom. The van der Waals surface area contributed by atoms with Gasteiger partial charge in [-0.3, -0.25) is 4.31 Å². The second-order valence-corrected chi connectivity index (χ2v) is 9.38. The van der Waals surface area contributed by atoms with Crippen molar-refractivity contribution in [2.75, 3.05) is 19.4 Å². The third-order valence-corrected chi connectivity index (χ3v) is 6.38. The molecule has 6 nitrogen and oxygen atoms in total. The van der Waals surface area contributed by atoms with Crippen LogP contribution in [0.2, 0.25) is 0 Å². The van der Waals surface area contributed by atoms with Gasteiger partial charge in [-0.2, -0.15) is 0 Å². The summed E-state index contributed by atoms with van der Waals surface area (Å²) in [6, 6.07) is 8.50. The van der Waals surface area contributed by atoms with Crippen LogP contribution in [0, 0.1) is 5.82 Å². The molecule has 8 heteroatoms. The summed E-state index contributed by atoms with van der Waals surface area (Å²) in [5, 5.41) is 0.916. The number of nitrogens with one attached hydrogen (secondary N) is 1. The molecule has 30 heavy (non-hydrogen) atoms. The number of allylic oxidation sites excluding steroid dienone is 1. The second kappa shape index (κ2) is 8.10. The lowest BCUT2D eigenvalue weighted by atomic mass is 9.98. The van der Waals surface area contributed by atoms with Gasteiger partial charge in [-0.1, -0.05) is 13.0 Å². The normalized spacial score (nSPS) is 16.9. The number of halogens is 1. The zero-order valence-electron chi connectivity index (χ0n) is 16.9. The molecule has 1 N–H and O–H groups in total. The smallest absolute Gasteiger partial charge is 0.231 e. The van der Waals surface area contributed by atoms with Crippen LogP contribution in [0.15, 0.2) is 48.8 Å². The highest BCUT2D eigenvalue weighted by Gasteiger charge is 2.22. The third kappa shape index (κ3) is 4.05. The van der Waals surface area contributed by atoms with Gasteiger partial charge < -0.3 is 9.72 Å². The minimum atomic E-state index is -3.24. The van der Waals surface area contributed by atoms with Gasteiger partial charge in [-0.05, 0) is 42.7 Å². The molecular formula is C22H24FN3O3S. The van der Waals surface area contributed by atoms with Gasteiger partial charge in [0.15, 0.2) is 0 Å². The summed E-state index contributed by atoms with van der Waals surface area (Å²) in [6.07, 6.45) is 7.94. The van der Waals surface area contributed by atoms with Crippen molar-refractivity contribution >= 4 is 21.1 Å². The molecule has 1 unspecified atom stereocenters. The number of hydrogen-bond donors (Lipinski definition) is 1. The summed E-state index contributed by atoms with van der Waals surface area (Å²) in [5.41, 5.74) is 3.41. The van der Waals surface area contributed by atoms with Crippen LogP contribution in [-0.4, -0.2) is 42.1 Å². The lowest BCUT2D eigenvalue weighted by Gasteiger charge is -2.25. The Bertz CT molecular complexity index is 1200. The van der Waals surface area contributed by atoms with E-state index in [4.69, 9.17) is 4.74 Å². The first-order valence-electron chi connectivity index (χ1n) is 9.92. The van der Waals surface area contributed by atoms with Crippen molar-refractivity contribution in [2.24, 2.45) is 0 Å². The predicted molar refractivity (Wildman–Crippen MR) is 115 cm³/mol. The summed E-state index contributed by atoms with van der Waals surface area (Å²) >= 11 is 0. The molecule has 0 fully saturated rings. The monoisotopic (exact) mass is 429 g/mol. The van der Waals surface area contributed by atoms with Gasteiger partial charge in [0, 0.05) is 47.6 Å². The average Bonchev–Trinajstić information content (AvgIpc) is 3.16. The molecule has 0 bridgehead atoms. The Morgan fingerprint density at radius 2 is 2.10 bits per heavy atom. The van der Waals surface area contributed by atoms with Crippen LogP contribution in [0.5, 0.6) is 5.75 Å². The number of hydrogen-bond acceptors (Lipinski definition) is 4.